The van der Waals surface area contributed by atoms with Crippen LogP contribution in [0.25, 0.3) is 0 Å². The lowest BCUT2D eigenvalue weighted by atomic mass is 10.1. The zero-order chi connectivity index (χ0) is 6.91. The number of allylic oxidation sites excluding steroid dienone is 1. The molecule has 1 heterocycles. The van der Waals surface area contributed by atoms with E-state index in [0.29, 0.717) is 0 Å². The van der Waals surface area contributed by atoms with Crippen LogP contribution in [0.3, 0.4) is 0 Å². The van der Waals surface area contributed by atoms with Crippen LogP contribution in [0.15, 0.2) is 24.5 Å². The summed E-state index contributed by atoms with van der Waals surface area (Å²) in [5.74, 6) is 1.01. The van der Waals surface area contributed by atoms with Crippen LogP contribution in [-0.4, -0.2) is 5.60 Å². The Balaban J connectivity index is 2.63. The first kappa shape index (κ1) is 6.40. The Bertz CT molecular complexity index is 158. The zero-order valence-corrected chi connectivity index (χ0v) is 5.98. The lowest BCUT2D eigenvalue weighted by Gasteiger charge is -2.19. The van der Waals surface area contributed by atoms with Crippen molar-refractivity contribution < 1.29 is 4.74 Å². The maximum absolute atomic E-state index is 5.44. The van der Waals surface area contributed by atoms with Crippen LogP contribution < -0.4 is 0 Å². The molecule has 0 N–H and O–H groups in total. The van der Waals surface area contributed by atoms with Crippen LogP contribution in [0, 0.1) is 0 Å². The predicted molar refractivity (Wildman–Crippen MR) is 38.1 cm³/mol. The molecule has 1 aliphatic heterocycles. The van der Waals surface area contributed by atoms with Crippen molar-refractivity contribution in [1.29, 1.82) is 0 Å². The highest BCUT2D eigenvalue weighted by molar-refractivity contribution is 5.10. The monoisotopic (exact) mass is 124 g/mol. The number of hydrogen-bond donors (Lipinski definition) is 0. The minimum atomic E-state index is -0.121. The zero-order valence-electron chi connectivity index (χ0n) is 5.98. The molecule has 0 bridgehead atoms. The van der Waals surface area contributed by atoms with Crippen molar-refractivity contribution in [2.75, 3.05) is 0 Å². The summed E-state index contributed by atoms with van der Waals surface area (Å²) in [6, 6.07) is 0. The Morgan fingerprint density at radius 3 is 2.78 bits per heavy atom. The van der Waals surface area contributed by atoms with Crippen LogP contribution >= 0.6 is 0 Å². The number of ether oxygens (including phenoxy) is 1. The van der Waals surface area contributed by atoms with E-state index in [-0.39, 0.29) is 5.60 Å². The van der Waals surface area contributed by atoms with Crippen LogP contribution in [0.1, 0.15) is 20.3 Å². The fourth-order valence-corrected chi connectivity index (χ4v) is 0.922. The van der Waals surface area contributed by atoms with Crippen LogP contribution in [-0.2, 0) is 4.74 Å². The van der Waals surface area contributed by atoms with Crippen molar-refractivity contribution in [2.24, 2.45) is 0 Å². The van der Waals surface area contributed by atoms with Crippen LogP contribution in [0.2, 0.25) is 0 Å². The van der Waals surface area contributed by atoms with E-state index >= 15 is 0 Å². The molecule has 1 unspecified atom stereocenters. The molecule has 50 valence electrons. The van der Waals surface area contributed by atoms with Gasteiger partial charge in [0.2, 0.25) is 0 Å². The summed E-state index contributed by atoms with van der Waals surface area (Å²) in [5.41, 5.74) is -0.121. The summed E-state index contributed by atoms with van der Waals surface area (Å²) in [5, 5.41) is 0. The van der Waals surface area contributed by atoms with Gasteiger partial charge >= 0.3 is 0 Å². The molecule has 0 fully saturated rings. The largest absolute Gasteiger partial charge is 0.488 e. The Morgan fingerprint density at radius 1 is 1.89 bits per heavy atom. The first-order valence-electron chi connectivity index (χ1n) is 3.16. The molecular weight excluding hydrogens is 112 g/mol. The van der Waals surface area contributed by atoms with Gasteiger partial charge in [0.1, 0.15) is 5.60 Å². The highest BCUT2D eigenvalue weighted by Crippen LogP contribution is 2.27. The minimum absolute atomic E-state index is 0.121. The van der Waals surface area contributed by atoms with Gasteiger partial charge in [0, 0.05) is 6.42 Å². The van der Waals surface area contributed by atoms with Gasteiger partial charge in [-0.2, -0.15) is 0 Å². The highest BCUT2D eigenvalue weighted by Gasteiger charge is 2.25. The third-order valence-electron chi connectivity index (χ3n) is 1.62. The van der Waals surface area contributed by atoms with E-state index in [2.05, 4.69) is 12.7 Å². The molecule has 1 aliphatic rings. The summed E-state index contributed by atoms with van der Waals surface area (Å²) in [6.07, 6.45) is 4.89. The molecule has 9 heavy (non-hydrogen) atoms. The SMILES string of the molecule is C=CC1(C)CC=C(C)O1. The summed E-state index contributed by atoms with van der Waals surface area (Å²) in [4.78, 5) is 0. The maximum Gasteiger partial charge on any atom is 0.127 e. The molecular formula is C8H12O. The highest BCUT2D eigenvalue weighted by atomic mass is 16.5. The van der Waals surface area contributed by atoms with Gasteiger partial charge in [-0.25, -0.2) is 0 Å². The van der Waals surface area contributed by atoms with E-state index in [1.54, 1.807) is 0 Å². The van der Waals surface area contributed by atoms with Crippen LogP contribution in [0.5, 0.6) is 0 Å². The first-order valence-corrected chi connectivity index (χ1v) is 3.16. The first-order chi connectivity index (χ1) is 4.16. The summed E-state index contributed by atoms with van der Waals surface area (Å²) >= 11 is 0. The van der Waals surface area contributed by atoms with E-state index in [1.807, 2.05) is 19.9 Å². The molecule has 1 atom stereocenters. The molecule has 0 aromatic carbocycles. The van der Waals surface area contributed by atoms with Crippen molar-refractivity contribution in [1.82, 2.24) is 0 Å². The fourth-order valence-electron chi connectivity index (χ4n) is 0.922. The third-order valence-corrected chi connectivity index (χ3v) is 1.62. The Kier molecular flexibility index (Phi) is 1.35. The molecule has 0 radical (unpaired) electrons. The van der Waals surface area contributed by atoms with E-state index < -0.39 is 0 Å². The van der Waals surface area contributed by atoms with Gasteiger partial charge in [-0.3, -0.25) is 0 Å². The molecule has 0 aromatic rings. The van der Waals surface area contributed by atoms with E-state index in [4.69, 9.17) is 4.74 Å². The van der Waals surface area contributed by atoms with Gasteiger partial charge in [0.25, 0.3) is 0 Å². The van der Waals surface area contributed by atoms with Gasteiger partial charge in [-0.05, 0) is 26.0 Å². The van der Waals surface area contributed by atoms with Crippen molar-refractivity contribution in [3.05, 3.63) is 24.5 Å². The molecule has 0 aromatic heterocycles. The molecule has 1 nitrogen and oxygen atoms in total. The molecule has 1 rings (SSSR count). The second-order valence-electron chi connectivity index (χ2n) is 2.64. The number of rotatable bonds is 1. The topological polar surface area (TPSA) is 9.23 Å². The van der Waals surface area contributed by atoms with Gasteiger partial charge in [-0.1, -0.05) is 6.58 Å². The fraction of sp³-hybridized carbons (Fsp3) is 0.500. The normalized spacial score (nSPS) is 33.3. The van der Waals surface area contributed by atoms with Crippen molar-refractivity contribution in [3.8, 4) is 0 Å². The molecule has 0 aliphatic carbocycles. The standard InChI is InChI=1S/C8H12O/c1-4-8(3)6-5-7(2)9-8/h4-5H,1,6H2,2-3H3. The summed E-state index contributed by atoms with van der Waals surface area (Å²) in [7, 11) is 0. The second kappa shape index (κ2) is 1.90. The van der Waals surface area contributed by atoms with Gasteiger partial charge in [0.05, 0.1) is 5.76 Å². The quantitative estimate of drug-likeness (QED) is 0.487. The molecule has 1 heteroatoms. The van der Waals surface area contributed by atoms with E-state index in [1.165, 1.54) is 0 Å². The van der Waals surface area contributed by atoms with Gasteiger partial charge in [0.15, 0.2) is 0 Å². The maximum atomic E-state index is 5.44. The van der Waals surface area contributed by atoms with Gasteiger partial charge < -0.3 is 4.74 Å². The lowest BCUT2D eigenvalue weighted by molar-refractivity contribution is 0.0903. The van der Waals surface area contributed by atoms with Crippen molar-refractivity contribution >= 4 is 0 Å². The minimum Gasteiger partial charge on any atom is -0.488 e. The lowest BCUT2D eigenvalue weighted by Crippen LogP contribution is -2.18. The molecule has 0 spiro atoms. The van der Waals surface area contributed by atoms with E-state index in [9.17, 15) is 0 Å². The Morgan fingerprint density at radius 2 is 2.56 bits per heavy atom. The average molecular weight is 124 g/mol. The summed E-state index contributed by atoms with van der Waals surface area (Å²) in [6.45, 7) is 7.69. The van der Waals surface area contributed by atoms with Crippen LogP contribution in [0.4, 0.5) is 0 Å². The molecule has 0 saturated carbocycles. The van der Waals surface area contributed by atoms with E-state index in [0.717, 1.165) is 12.2 Å². The van der Waals surface area contributed by atoms with Crippen molar-refractivity contribution in [2.45, 2.75) is 25.9 Å². The van der Waals surface area contributed by atoms with Gasteiger partial charge in [-0.15, -0.1) is 0 Å². The third kappa shape index (κ3) is 1.15. The smallest absolute Gasteiger partial charge is 0.127 e. The molecule has 0 saturated heterocycles. The molecule has 0 amide bonds. The predicted octanol–water partition coefficient (Wildman–Crippen LogP) is 2.26. The number of hydrogen-bond acceptors (Lipinski definition) is 1. The Hall–Kier alpha value is -0.720. The Labute approximate surface area is 56.0 Å². The average Bonchev–Trinajstić information content (AvgIpc) is 2.13. The summed E-state index contributed by atoms with van der Waals surface area (Å²) < 4.78 is 5.44. The second-order valence-corrected chi connectivity index (χ2v) is 2.64. The van der Waals surface area contributed by atoms with Crippen molar-refractivity contribution in [3.63, 3.8) is 0 Å².